The van der Waals surface area contributed by atoms with Crippen LogP contribution in [0.3, 0.4) is 0 Å². The van der Waals surface area contributed by atoms with Crippen molar-refractivity contribution in [1.82, 2.24) is 5.41 Å². The van der Waals surface area contributed by atoms with Crippen LogP contribution >= 0.6 is 0 Å². The zero-order valence-electron chi connectivity index (χ0n) is 4.48. The van der Waals surface area contributed by atoms with Gasteiger partial charge in [-0.25, -0.2) is 0 Å². The van der Waals surface area contributed by atoms with E-state index in [1.165, 1.54) is 19.3 Å². The minimum absolute atomic E-state index is 0.714. The SMILES string of the molecule is [N]=C1CCCCC1. The van der Waals surface area contributed by atoms with Gasteiger partial charge in [-0.2, -0.15) is 5.41 Å². The molecule has 1 nitrogen and oxygen atoms in total. The average Bonchev–Trinajstić information content (AvgIpc) is 1.69. The Hall–Kier alpha value is -0.330. The molecule has 1 aliphatic carbocycles. The van der Waals surface area contributed by atoms with Gasteiger partial charge in [-0.05, 0) is 25.7 Å². The van der Waals surface area contributed by atoms with Crippen LogP contribution in [0, 0.1) is 0 Å². The van der Waals surface area contributed by atoms with Gasteiger partial charge in [0.1, 0.15) is 0 Å². The first-order chi connectivity index (χ1) is 3.39. The first-order valence-electron chi connectivity index (χ1n) is 2.93. The highest BCUT2D eigenvalue weighted by atomic mass is 14.4. The normalized spacial score (nSPS) is 22.6. The van der Waals surface area contributed by atoms with Gasteiger partial charge in [0, 0.05) is 5.71 Å². The Morgan fingerprint density at radius 3 is 1.86 bits per heavy atom. The number of hydrogen-bond acceptors (Lipinski definition) is 0. The molecule has 0 bridgehead atoms. The molecule has 1 rings (SSSR count). The van der Waals surface area contributed by atoms with Crippen LogP contribution in [0.15, 0.2) is 0 Å². The highest BCUT2D eigenvalue weighted by Gasteiger charge is 2.03. The lowest BCUT2D eigenvalue weighted by atomic mass is 9.99. The van der Waals surface area contributed by atoms with Gasteiger partial charge >= 0.3 is 0 Å². The lowest BCUT2D eigenvalue weighted by molar-refractivity contribution is 0.667. The largest absolute Gasteiger partial charge is 0.160 e. The van der Waals surface area contributed by atoms with E-state index in [0.29, 0.717) is 5.71 Å². The highest BCUT2D eigenvalue weighted by Crippen LogP contribution is 2.11. The van der Waals surface area contributed by atoms with Crippen molar-refractivity contribution in [3.63, 3.8) is 0 Å². The molecule has 0 aliphatic heterocycles. The summed E-state index contributed by atoms with van der Waals surface area (Å²) >= 11 is 0. The van der Waals surface area contributed by atoms with Crippen molar-refractivity contribution in [2.75, 3.05) is 0 Å². The lowest BCUT2D eigenvalue weighted by Gasteiger charge is -2.07. The van der Waals surface area contributed by atoms with Crippen molar-refractivity contribution in [3.8, 4) is 0 Å². The fourth-order valence-electron chi connectivity index (χ4n) is 0.960. The van der Waals surface area contributed by atoms with Crippen LogP contribution in [0.4, 0.5) is 0 Å². The van der Waals surface area contributed by atoms with Gasteiger partial charge < -0.3 is 0 Å². The van der Waals surface area contributed by atoms with E-state index < -0.39 is 0 Å². The Kier molecular flexibility index (Phi) is 1.45. The van der Waals surface area contributed by atoms with E-state index in [9.17, 15) is 0 Å². The van der Waals surface area contributed by atoms with Crippen LogP contribution in [-0.2, 0) is 0 Å². The monoisotopic (exact) mass is 96.1 g/mol. The van der Waals surface area contributed by atoms with E-state index in [-0.39, 0.29) is 0 Å². The first-order valence-corrected chi connectivity index (χ1v) is 2.93. The molecule has 0 atom stereocenters. The third kappa shape index (κ3) is 1.30. The molecule has 0 aromatic carbocycles. The van der Waals surface area contributed by atoms with E-state index in [1.807, 2.05) is 0 Å². The Labute approximate surface area is 44.2 Å². The minimum atomic E-state index is 0.714. The molecule has 0 heterocycles. The first kappa shape index (κ1) is 4.82. The summed E-state index contributed by atoms with van der Waals surface area (Å²) in [6, 6.07) is 0. The summed E-state index contributed by atoms with van der Waals surface area (Å²) in [5, 5.41) is 8.83. The summed E-state index contributed by atoms with van der Waals surface area (Å²) in [5.41, 5.74) is 0.714. The van der Waals surface area contributed by atoms with E-state index in [4.69, 9.17) is 5.41 Å². The standard InChI is InChI=1S/C6H10N/c7-6-4-2-1-3-5-6/h1-5H2. The van der Waals surface area contributed by atoms with Gasteiger partial charge in [-0.15, -0.1) is 0 Å². The zero-order valence-corrected chi connectivity index (χ0v) is 4.48. The average molecular weight is 96.2 g/mol. The van der Waals surface area contributed by atoms with Gasteiger partial charge in [-0.1, -0.05) is 6.42 Å². The Morgan fingerprint density at radius 2 is 1.57 bits per heavy atom. The maximum absolute atomic E-state index is 8.83. The summed E-state index contributed by atoms with van der Waals surface area (Å²) < 4.78 is 0. The molecule has 0 saturated heterocycles. The fourth-order valence-corrected chi connectivity index (χ4v) is 0.960. The van der Waals surface area contributed by atoms with Crippen molar-refractivity contribution in [1.29, 1.82) is 0 Å². The van der Waals surface area contributed by atoms with E-state index in [1.54, 1.807) is 0 Å². The molecule has 0 unspecified atom stereocenters. The molecule has 0 N–H and O–H groups in total. The second kappa shape index (κ2) is 2.10. The Bertz CT molecular complexity index is 68.2. The van der Waals surface area contributed by atoms with Gasteiger partial charge in [-0.3, -0.25) is 0 Å². The third-order valence-corrected chi connectivity index (χ3v) is 1.43. The van der Waals surface area contributed by atoms with Gasteiger partial charge in [0.15, 0.2) is 0 Å². The van der Waals surface area contributed by atoms with Gasteiger partial charge in [0.2, 0.25) is 0 Å². The topological polar surface area (TPSA) is 22.3 Å². The second-order valence-corrected chi connectivity index (χ2v) is 2.13. The summed E-state index contributed by atoms with van der Waals surface area (Å²) in [5.74, 6) is 0. The summed E-state index contributed by atoms with van der Waals surface area (Å²) in [7, 11) is 0. The van der Waals surface area contributed by atoms with Crippen LogP contribution < -0.4 is 5.41 Å². The predicted octanol–water partition coefficient (Wildman–Crippen LogP) is 1.19. The molecule has 0 amide bonds. The van der Waals surface area contributed by atoms with Crippen molar-refractivity contribution in [2.24, 2.45) is 0 Å². The summed E-state index contributed by atoms with van der Waals surface area (Å²) in [6.07, 6.45) is 5.63. The predicted molar refractivity (Wildman–Crippen MR) is 30.2 cm³/mol. The van der Waals surface area contributed by atoms with E-state index in [0.717, 1.165) is 12.8 Å². The molecular weight excluding hydrogens is 86.1 g/mol. The summed E-state index contributed by atoms with van der Waals surface area (Å²) in [6.45, 7) is 0. The van der Waals surface area contributed by atoms with Crippen molar-refractivity contribution in [3.05, 3.63) is 0 Å². The van der Waals surface area contributed by atoms with E-state index in [2.05, 4.69) is 0 Å². The number of rotatable bonds is 0. The van der Waals surface area contributed by atoms with E-state index >= 15 is 0 Å². The molecule has 7 heavy (non-hydrogen) atoms. The van der Waals surface area contributed by atoms with Gasteiger partial charge in [0.25, 0.3) is 0 Å². The zero-order chi connectivity index (χ0) is 5.11. The molecule has 1 heteroatoms. The van der Waals surface area contributed by atoms with Crippen LogP contribution in [-0.4, -0.2) is 5.71 Å². The Balaban J connectivity index is 2.25. The van der Waals surface area contributed by atoms with Crippen molar-refractivity contribution < 1.29 is 0 Å². The molecule has 39 valence electrons. The van der Waals surface area contributed by atoms with Crippen LogP contribution in [0.25, 0.3) is 0 Å². The molecule has 1 saturated carbocycles. The maximum Gasteiger partial charge on any atom is 0.0405 e. The van der Waals surface area contributed by atoms with Gasteiger partial charge in [0.05, 0.1) is 0 Å². The second-order valence-electron chi connectivity index (χ2n) is 2.13. The maximum atomic E-state index is 8.83. The van der Waals surface area contributed by atoms with Crippen LogP contribution in [0.2, 0.25) is 0 Å². The highest BCUT2D eigenvalue weighted by molar-refractivity contribution is 5.82. The molecule has 1 aliphatic rings. The minimum Gasteiger partial charge on any atom is -0.160 e. The van der Waals surface area contributed by atoms with Crippen molar-refractivity contribution >= 4 is 5.71 Å². The third-order valence-electron chi connectivity index (χ3n) is 1.43. The molecule has 0 spiro atoms. The smallest absolute Gasteiger partial charge is 0.0405 e. The number of nitrogens with zero attached hydrogens (tertiary/aromatic N) is 1. The van der Waals surface area contributed by atoms with Crippen molar-refractivity contribution in [2.45, 2.75) is 32.1 Å². The van der Waals surface area contributed by atoms with Crippen LogP contribution in [0.1, 0.15) is 32.1 Å². The molecule has 1 radical (unpaired) electrons. The summed E-state index contributed by atoms with van der Waals surface area (Å²) in [4.78, 5) is 0. The molecule has 0 aromatic rings. The fraction of sp³-hybridized carbons (Fsp3) is 0.833. The number of hydrogen-bond donors (Lipinski definition) is 0. The molecule has 1 fully saturated rings. The molecular formula is C6H10N. The quantitative estimate of drug-likeness (QED) is 0.432. The Morgan fingerprint density at radius 1 is 1.00 bits per heavy atom. The lowest BCUT2D eigenvalue weighted by Crippen LogP contribution is -2.04. The van der Waals surface area contributed by atoms with Crippen LogP contribution in [0.5, 0.6) is 0 Å². The molecule has 0 aromatic heterocycles.